The van der Waals surface area contributed by atoms with Gasteiger partial charge in [-0.1, -0.05) is 19.8 Å². The first kappa shape index (κ1) is 11.7. The largest absolute Gasteiger partial charge is 0.377 e. The molecular formula is C14H24BN2O. The lowest BCUT2D eigenvalue weighted by Gasteiger charge is -2.58. The standard InChI is InChI=1S/C14H24BN2O/c1-12-6-3-4-11-10(14(12,16)15-12)5-7-13(17(11)2)8-18-9-13/h10-11H,3-9,16H2,1-2H3. The Kier molecular flexibility index (Phi) is 2.18. The van der Waals surface area contributed by atoms with Gasteiger partial charge in [0.25, 0.3) is 0 Å². The maximum Gasteiger partial charge on any atom is 0.146 e. The van der Waals surface area contributed by atoms with Gasteiger partial charge in [0, 0.05) is 6.04 Å². The highest BCUT2D eigenvalue weighted by Crippen LogP contribution is 2.65. The number of piperidine rings is 1. The minimum absolute atomic E-state index is 0.0225. The van der Waals surface area contributed by atoms with Crippen molar-refractivity contribution < 1.29 is 4.74 Å². The maximum absolute atomic E-state index is 6.74. The smallest absolute Gasteiger partial charge is 0.146 e. The highest BCUT2D eigenvalue weighted by molar-refractivity contribution is 6.60. The van der Waals surface area contributed by atoms with Gasteiger partial charge in [-0.15, -0.1) is 0 Å². The van der Waals surface area contributed by atoms with Gasteiger partial charge in [0.05, 0.1) is 18.8 Å². The summed E-state index contributed by atoms with van der Waals surface area (Å²) >= 11 is 0. The predicted molar refractivity (Wildman–Crippen MR) is 72.7 cm³/mol. The van der Waals surface area contributed by atoms with Gasteiger partial charge in [0.15, 0.2) is 0 Å². The van der Waals surface area contributed by atoms with Crippen LogP contribution in [-0.4, -0.2) is 49.5 Å². The molecule has 4 rings (SSSR count). The fraction of sp³-hybridized carbons (Fsp3) is 1.00. The van der Waals surface area contributed by atoms with E-state index in [9.17, 15) is 0 Å². The predicted octanol–water partition coefficient (Wildman–Crippen LogP) is 1.20. The Morgan fingerprint density at radius 1 is 1.28 bits per heavy atom. The molecule has 1 aliphatic carbocycles. The molecule has 3 saturated heterocycles. The number of hydrogen-bond donors (Lipinski definition) is 1. The molecule has 4 unspecified atom stereocenters. The lowest BCUT2D eigenvalue weighted by Crippen LogP contribution is -2.69. The molecule has 0 aromatic carbocycles. The SMILES string of the molecule is CN1C2CCCC3(C)[B]C3(N)C2CCC12COC2. The first-order valence-corrected chi connectivity index (χ1v) is 7.48. The van der Waals surface area contributed by atoms with Crippen molar-refractivity contribution in [1.29, 1.82) is 0 Å². The van der Waals surface area contributed by atoms with Crippen LogP contribution in [0.25, 0.3) is 0 Å². The number of likely N-dealkylation sites (N-methyl/N-ethyl adjacent to an activating group) is 1. The molecule has 3 nitrogen and oxygen atoms in total. The molecule has 0 aromatic rings. The zero-order chi connectivity index (χ0) is 12.6. The molecule has 1 spiro atoms. The lowest BCUT2D eigenvalue weighted by atomic mass is 9.69. The van der Waals surface area contributed by atoms with Crippen LogP contribution in [0.1, 0.15) is 39.0 Å². The van der Waals surface area contributed by atoms with Crippen molar-refractivity contribution in [2.24, 2.45) is 11.7 Å². The van der Waals surface area contributed by atoms with Gasteiger partial charge in [-0.2, -0.15) is 0 Å². The molecule has 99 valence electrons. The maximum atomic E-state index is 6.74. The number of likely N-dealkylation sites (tertiary alicyclic amines) is 1. The molecule has 4 atom stereocenters. The Balaban J connectivity index is 1.65. The lowest BCUT2D eigenvalue weighted by molar-refractivity contribution is -0.176. The van der Waals surface area contributed by atoms with E-state index in [1.807, 2.05) is 0 Å². The fourth-order valence-corrected chi connectivity index (χ4v) is 5.04. The number of ether oxygens (including phenoxy) is 1. The van der Waals surface area contributed by atoms with Crippen molar-refractivity contribution >= 4 is 7.28 Å². The van der Waals surface area contributed by atoms with E-state index in [0.29, 0.717) is 22.8 Å². The van der Waals surface area contributed by atoms with Crippen molar-refractivity contribution in [2.45, 2.75) is 61.4 Å². The highest BCUT2D eigenvalue weighted by Gasteiger charge is 2.69. The molecule has 2 N–H and O–H groups in total. The average Bonchev–Trinajstić information content (AvgIpc) is 2.83. The summed E-state index contributed by atoms with van der Waals surface area (Å²) in [6.07, 6.45) is 6.50. The second-order valence-corrected chi connectivity index (χ2v) is 7.43. The van der Waals surface area contributed by atoms with E-state index in [4.69, 9.17) is 10.5 Å². The molecule has 4 heteroatoms. The van der Waals surface area contributed by atoms with E-state index in [1.165, 1.54) is 32.1 Å². The molecule has 0 aromatic heterocycles. The van der Waals surface area contributed by atoms with E-state index in [1.54, 1.807) is 0 Å². The summed E-state index contributed by atoms with van der Waals surface area (Å²) in [6.45, 7) is 4.24. The quantitative estimate of drug-likeness (QED) is 0.654. The molecule has 1 saturated carbocycles. The van der Waals surface area contributed by atoms with E-state index in [-0.39, 0.29) is 5.44 Å². The third-order valence-corrected chi connectivity index (χ3v) is 6.65. The summed E-state index contributed by atoms with van der Waals surface area (Å²) in [5, 5.41) is 0.327. The molecule has 1 radical (unpaired) electrons. The molecule has 18 heavy (non-hydrogen) atoms. The second-order valence-electron chi connectivity index (χ2n) is 7.43. The number of hydrogen-bond acceptors (Lipinski definition) is 3. The van der Waals surface area contributed by atoms with Crippen molar-refractivity contribution in [3.8, 4) is 0 Å². The zero-order valence-electron chi connectivity index (χ0n) is 11.6. The number of nitrogens with zero attached hydrogens (tertiary/aromatic N) is 1. The first-order chi connectivity index (χ1) is 8.51. The van der Waals surface area contributed by atoms with Crippen LogP contribution >= 0.6 is 0 Å². The van der Waals surface area contributed by atoms with Gasteiger partial charge in [-0.25, -0.2) is 0 Å². The molecule has 3 heterocycles. The van der Waals surface area contributed by atoms with Crippen LogP contribution in [-0.2, 0) is 4.74 Å². The van der Waals surface area contributed by atoms with Crippen molar-refractivity contribution in [3.05, 3.63) is 0 Å². The van der Waals surface area contributed by atoms with Crippen LogP contribution in [0.15, 0.2) is 0 Å². The van der Waals surface area contributed by atoms with Gasteiger partial charge in [-0.3, -0.25) is 4.90 Å². The van der Waals surface area contributed by atoms with E-state index >= 15 is 0 Å². The summed E-state index contributed by atoms with van der Waals surface area (Å²) in [6, 6.07) is 0.674. The summed E-state index contributed by atoms with van der Waals surface area (Å²) in [5.41, 5.74) is 7.11. The van der Waals surface area contributed by atoms with Crippen LogP contribution in [0.4, 0.5) is 0 Å². The van der Waals surface area contributed by atoms with Gasteiger partial charge in [-0.05, 0) is 43.0 Å². The molecule has 0 bridgehead atoms. The Bertz CT molecular complexity index is 386. The minimum Gasteiger partial charge on any atom is -0.377 e. The summed E-state index contributed by atoms with van der Waals surface area (Å²) < 4.78 is 5.50. The minimum atomic E-state index is 0.0225. The number of nitrogens with two attached hydrogens (primary N) is 1. The monoisotopic (exact) mass is 247 g/mol. The van der Waals surface area contributed by atoms with Crippen LogP contribution in [0.3, 0.4) is 0 Å². The van der Waals surface area contributed by atoms with Gasteiger partial charge in [0.1, 0.15) is 7.28 Å². The third-order valence-electron chi connectivity index (χ3n) is 6.65. The molecule has 0 amide bonds. The molecule has 4 aliphatic rings. The number of rotatable bonds is 0. The van der Waals surface area contributed by atoms with Gasteiger partial charge < -0.3 is 10.5 Å². The highest BCUT2D eigenvalue weighted by atomic mass is 16.5. The molecular weight excluding hydrogens is 223 g/mol. The normalized spacial score (nSPS) is 53.7. The van der Waals surface area contributed by atoms with E-state index < -0.39 is 0 Å². The van der Waals surface area contributed by atoms with Gasteiger partial charge >= 0.3 is 0 Å². The third kappa shape index (κ3) is 1.22. The van der Waals surface area contributed by atoms with E-state index in [2.05, 4.69) is 26.2 Å². The first-order valence-electron chi connectivity index (χ1n) is 7.48. The average molecular weight is 247 g/mol. The van der Waals surface area contributed by atoms with Crippen molar-refractivity contribution in [1.82, 2.24) is 4.90 Å². The summed E-state index contributed by atoms with van der Waals surface area (Å²) in [7, 11) is 4.76. The fourth-order valence-electron chi connectivity index (χ4n) is 5.04. The van der Waals surface area contributed by atoms with E-state index in [0.717, 1.165) is 13.2 Å². The number of fused-ring (bicyclic) bond motifs is 3. The Labute approximate surface area is 111 Å². The van der Waals surface area contributed by atoms with Crippen LogP contribution in [0, 0.1) is 5.92 Å². The van der Waals surface area contributed by atoms with Crippen LogP contribution < -0.4 is 5.73 Å². The van der Waals surface area contributed by atoms with Crippen LogP contribution in [0.5, 0.6) is 0 Å². The zero-order valence-corrected chi connectivity index (χ0v) is 11.6. The summed E-state index contributed by atoms with van der Waals surface area (Å²) in [4.78, 5) is 2.64. The summed E-state index contributed by atoms with van der Waals surface area (Å²) in [5.74, 6) is 0.668. The van der Waals surface area contributed by atoms with Crippen molar-refractivity contribution in [2.75, 3.05) is 20.3 Å². The molecule has 3 aliphatic heterocycles. The Morgan fingerprint density at radius 2 is 2.06 bits per heavy atom. The van der Waals surface area contributed by atoms with Crippen molar-refractivity contribution in [3.63, 3.8) is 0 Å². The molecule has 4 fully saturated rings. The Morgan fingerprint density at radius 3 is 2.72 bits per heavy atom. The topological polar surface area (TPSA) is 38.5 Å². The Hall–Kier alpha value is -0.0551. The second kappa shape index (κ2) is 3.33. The van der Waals surface area contributed by atoms with Crippen LogP contribution in [0.2, 0.25) is 5.31 Å². The van der Waals surface area contributed by atoms with Gasteiger partial charge in [0.2, 0.25) is 0 Å².